The molecule has 0 aromatic rings. The van der Waals surface area contributed by atoms with E-state index in [0.717, 1.165) is 19.8 Å². The van der Waals surface area contributed by atoms with Crippen molar-refractivity contribution < 1.29 is 14.2 Å². The molecule has 3 nitrogen and oxygen atoms in total. The van der Waals surface area contributed by atoms with Crippen LogP contribution in [0.4, 0.5) is 0 Å². The Morgan fingerprint density at radius 1 is 0.800 bits per heavy atom. The van der Waals surface area contributed by atoms with Gasteiger partial charge in [0.2, 0.25) is 0 Å². The van der Waals surface area contributed by atoms with Gasteiger partial charge in [-0.05, 0) is 0 Å². The van der Waals surface area contributed by atoms with Gasteiger partial charge in [-0.15, -0.1) is 0 Å². The van der Waals surface area contributed by atoms with Crippen LogP contribution in [0.25, 0.3) is 0 Å². The highest BCUT2D eigenvalue weighted by Crippen LogP contribution is 2.38. The maximum atomic E-state index is 5.21. The molecule has 3 unspecified atom stereocenters. The van der Waals surface area contributed by atoms with Gasteiger partial charge in [0.15, 0.2) is 0 Å². The van der Waals surface area contributed by atoms with Gasteiger partial charge in [0.25, 0.3) is 0 Å². The van der Waals surface area contributed by atoms with Gasteiger partial charge in [0.1, 0.15) is 0 Å². The second-order valence-corrected chi connectivity index (χ2v) is 3.19. The van der Waals surface area contributed by atoms with Crippen molar-refractivity contribution in [1.82, 2.24) is 0 Å². The summed E-state index contributed by atoms with van der Waals surface area (Å²) in [5.74, 6) is 0.556. The van der Waals surface area contributed by atoms with Crippen LogP contribution in [-0.2, 0) is 14.2 Å². The van der Waals surface area contributed by atoms with E-state index in [9.17, 15) is 0 Å². The molecule has 0 bridgehead atoms. The Kier molecular flexibility index (Phi) is 0.952. The van der Waals surface area contributed by atoms with E-state index in [2.05, 4.69) is 0 Å². The SMILES string of the molecule is C1OC1C(C1CO1)C1CO1. The molecule has 10 heavy (non-hydrogen) atoms. The van der Waals surface area contributed by atoms with Crippen molar-refractivity contribution in [2.75, 3.05) is 19.8 Å². The van der Waals surface area contributed by atoms with E-state index in [4.69, 9.17) is 14.2 Å². The fourth-order valence-electron chi connectivity index (χ4n) is 1.55. The second-order valence-electron chi connectivity index (χ2n) is 3.19. The maximum Gasteiger partial charge on any atom is 0.0889 e. The molecule has 0 aromatic heterocycles. The van der Waals surface area contributed by atoms with Crippen LogP contribution in [0.2, 0.25) is 0 Å². The van der Waals surface area contributed by atoms with Crippen LogP contribution in [-0.4, -0.2) is 38.1 Å². The van der Waals surface area contributed by atoms with Gasteiger partial charge in [0, 0.05) is 5.92 Å². The number of ether oxygens (including phenoxy) is 3. The third kappa shape index (κ3) is 0.856. The topological polar surface area (TPSA) is 37.6 Å². The molecule has 3 aliphatic heterocycles. The lowest BCUT2D eigenvalue weighted by Crippen LogP contribution is -2.21. The first-order valence-electron chi connectivity index (χ1n) is 3.80. The lowest BCUT2D eigenvalue weighted by Gasteiger charge is -2.05. The molecule has 3 heteroatoms. The number of hydrogen-bond donors (Lipinski definition) is 0. The van der Waals surface area contributed by atoms with Gasteiger partial charge < -0.3 is 14.2 Å². The molecule has 0 amide bonds. The molecule has 3 fully saturated rings. The van der Waals surface area contributed by atoms with Crippen molar-refractivity contribution in [2.24, 2.45) is 5.92 Å². The highest BCUT2D eigenvalue weighted by Gasteiger charge is 2.52. The van der Waals surface area contributed by atoms with Crippen LogP contribution in [0.15, 0.2) is 0 Å². The Bertz CT molecular complexity index is 118. The molecule has 0 radical (unpaired) electrons. The lowest BCUT2D eigenvalue weighted by atomic mass is 9.99. The molecule has 3 aliphatic rings. The van der Waals surface area contributed by atoms with Gasteiger partial charge in [-0.25, -0.2) is 0 Å². The van der Waals surface area contributed by atoms with Crippen LogP contribution < -0.4 is 0 Å². The highest BCUT2D eigenvalue weighted by molar-refractivity contribution is 4.98. The Balaban J connectivity index is 1.69. The summed E-state index contributed by atoms with van der Waals surface area (Å²) >= 11 is 0. The Morgan fingerprint density at radius 3 is 1.30 bits per heavy atom. The minimum atomic E-state index is 0.458. The minimum Gasteiger partial charge on any atom is -0.373 e. The maximum absolute atomic E-state index is 5.21. The van der Waals surface area contributed by atoms with E-state index in [1.54, 1.807) is 0 Å². The van der Waals surface area contributed by atoms with Crippen molar-refractivity contribution in [3.8, 4) is 0 Å². The first-order chi connectivity index (χ1) is 4.95. The Hall–Kier alpha value is -0.120. The van der Waals surface area contributed by atoms with E-state index in [1.165, 1.54) is 0 Å². The molecule has 0 aromatic carbocycles. The summed E-state index contributed by atoms with van der Waals surface area (Å²) in [5.41, 5.74) is 0. The summed E-state index contributed by atoms with van der Waals surface area (Å²) in [6.45, 7) is 2.76. The molecule has 0 spiro atoms. The number of hydrogen-bond acceptors (Lipinski definition) is 3. The van der Waals surface area contributed by atoms with Gasteiger partial charge >= 0.3 is 0 Å². The molecule has 0 aliphatic carbocycles. The standard InChI is InChI=1S/C7H10O3/c1-4(8-1)7(5-2-9-5)6-3-10-6/h4-7H,1-3H2. The fraction of sp³-hybridized carbons (Fsp3) is 1.00. The summed E-state index contributed by atoms with van der Waals surface area (Å²) in [6, 6.07) is 0. The lowest BCUT2D eigenvalue weighted by molar-refractivity contribution is 0.215. The van der Waals surface area contributed by atoms with Crippen LogP contribution in [0, 0.1) is 5.92 Å². The molecule has 56 valence electrons. The van der Waals surface area contributed by atoms with Crippen LogP contribution in [0.1, 0.15) is 0 Å². The third-order valence-corrected chi connectivity index (χ3v) is 2.37. The monoisotopic (exact) mass is 142 g/mol. The fourth-order valence-corrected chi connectivity index (χ4v) is 1.55. The summed E-state index contributed by atoms with van der Waals surface area (Å²) < 4.78 is 15.6. The summed E-state index contributed by atoms with van der Waals surface area (Å²) in [7, 11) is 0. The van der Waals surface area contributed by atoms with Crippen LogP contribution >= 0.6 is 0 Å². The average Bonchev–Trinajstić information content (AvgIpc) is 2.78. The highest BCUT2D eigenvalue weighted by atomic mass is 16.6. The second kappa shape index (κ2) is 1.72. The van der Waals surface area contributed by atoms with Gasteiger partial charge in [-0.2, -0.15) is 0 Å². The molecular weight excluding hydrogens is 132 g/mol. The smallest absolute Gasteiger partial charge is 0.0889 e. The Morgan fingerprint density at radius 2 is 1.10 bits per heavy atom. The van der Waals surface area contributed by atoms with Crippen molar-refractivity contribution in [1.29, 1.82) is 0 Å². The van der Waals surface area contributed by atoms with Gasteiger partial charge in [-0.3, -0.25) is 0 Å². The first-order valence-corrected chi connectivity index (χ1v) is 3.80. The predicted molar refractivity (Wildman–Crippen MR) is 32.7 cm³/mol. The molecule has 3 rings (SSSR count). The van der Waals surface area contributed by atoms with E-state index < -0.39 is 0 Å². The molecular formula is C7H10O3. The van der Waals surface area contributed by atoms with Gasteiger partial charge in [0.05, 0.1) is 38.1 Å². The molecule has 3 atom stereocenters. The van der Waals surface area contributed by atoms with Crippen LogP contribution in [0.3, 0.4) is 0 Å². The van der Waals surface area contributed by atoms with E-state index in [-0.39, 0.29) is 0 Å². The van der Waals surface area contributed by atoms with Crippen molar-refractivity contribution in [3.05, 3.63) is 0 Å². The zero-order valence-electron chi connectivity index (χ0n) is 5.66. The Labute approximate surface area is 59.3 Å². The first kappa shape index (κ1) is 5.52. The molecule has 0 N–H and O–H groups in total. The average molecular weight is 142 g/mol. The number of rotatable bonds is 3. The zero-order chi connectivity index (χ0) is 6.55. The molecule has 3 heterocycles. The minimum absolute atomic E-state index is 0.458. The summed E-state index contributed by atoms with van der Waals surface area (Å²) in [6.07, 6.45) is 1.37. The van der Waals surface area contributed by atoms with Gasteiger partial charge in [-0.1, -0.05) is 0 Å². The van der Waals surface area contributed by atoms with E-state index >= 15 is 0 Å². The van der Waals surface area contributed by atoms with E-state index in [1.807, 2.05) is 0 Å². The van der Waals surface area contributed by atoms with Crippen molar-refractivity contribution in [2.45, 2.75) is 18.3 Å². The summed E-state index contributed by atoms with van der Waals surface area (Å²) in [5, 5.41) is 0. The predicted octanol–water partition coefficient (Wildman–Crippen LogP) is -0.201. The van der Waals surface area contributed by atoms with Crippen LogP contribution in [0.5, 0.6) is 0 Å². The van der Waals surface area contributed by atoms with Crippen molar-refractivity contribution in [3.63, 3.8) is 0 Å². The largest absolute Gasteiger partial charge is 0.373 e. The quantitative estimate of drug-likeness (QED) is 0.512. The van der Waals surface area contributed by atoms with Crippen molar-refractivity contribution >= 4 is 0 Å². The number of epoxide rings is 3. The summed E-state index contributed by atoms with van der Waals surface area (Å²) in [4.78, 5) is 0. The zero-order valence-corrected chi connectivity index (χ0v) is 5.66. The van der Waals surface area contributed by atoms with E-state index in [0.29, 0.717) is 24.2 Å². The normalized spacial score (nSPS) is 52.2. The molecule has 0 saturated carbocycles. The molecule has 3 saturated heterocycles. The third-order valence-electron chi connectivity index (χ3n) is 2.37.